The molecule has 0 atom stereocenters. The lowest BCUT2D eigenvalue weighted by Crippen LogP contribution is -2.31. The first-order valence-electron chi connectivity index (χ1n) is 6.19. The van der Waals surface area contributed by atoms with Gasteiger partial charge in [-0.3, -0.25) is 4.79 Å². The number of benzene rings is 1. The van der Waals surface area contributed by atoms with E-state index < -0.39 is 0 Å². The van der Waals surface area contributed by atoms with Crippen molar-refractivity contribution in [2.24, 2.45) is 0 Å². The summed E-state index contributed by atoms with van der Waals surface area (Å²) in [4.78, 5) is 17.1. The average molecular weight is 265 g/mol. The number of amides is 1. The molecule has 0 saturated heterocycles. The van der Waals surface area contributed by atoms with Gasteiger partial charge in [0.15, 0.2) is 0 Å². The minimum Gasteiger partial charge on any atom is -0.361 e. The van der Waals surface area contributed by atoms with E-state index >= 15 is 0 Å². The third kappa shape index (κ3) is 2.36. The summed E-state index contributed by atoms with van der Waals surface area (Å²) in [7, 11) is 0. The van der Waals surface area contributed by atoms with Gasteiger partial charge in [-0.2, -0.15) is 0 Å². The summed E-state index contributed by atoms with van der Waals surface area (Å²) < 4.78 is 0. The highest BCUT2D eigenvalue weighted by Crippen LogP contribution is 2.27. The largest absolute Gasteiger partial charge is 0.361 e. The number of likely N-dealkylation sites (N-methyl/N-ethyl adjacent to an activating group) is 1. The van der Waals surface area contributed by atoms with Gasteiger partial charge in [-0.15, -0.1) is 0 Å². The maximum atomic E-state index is 12.1. The Bertz CT molecular complexity index is 558. The lowest BCUT2D eigenvalue weighted by atomic mass is 10.1. The van der Waals surface area contributed by atoms with Gasteiger partial charge in [-0.05, 0) is 31.5 Å². The van der Waals surface area contributed by atoms with Crippen molar-refractivity contribution in [2.75, 3.05) is 13.1 Å². The normalized spacial score (nSPS) is 10.8. The molecule has 2 aromatic rings. The smallest absolute Gasteiger partial charge is 0.227 e. The highest BCUT2D eigenvalue weighted by molar-refractivity contribution is 6.35. The summed E-state index contributed by atoms with van der Waals surface area (Å²) in [6, 6.07) is 5.72. The maximum Gasteiger partial charge on any atom is 0.227 e. The zero-order valence-electron chi connectivity index (χ0n) is 10.7. The Morgan fingerprint density at radius 2 is 2.06 bits per heavy atom. The average Bonchev–Trinajstić information content (AvgIpc) is 2.75. The van der Waals surface area contributed by atoms with Crippen LogP contribution in [0.3, 0.4) is 0 Å². The molecule has 0 aliphatic rings. The molecule has 1 heterocycles. The molecule has 0 aliphatic heterocycles. The van der Waals surface area contributed by atoms with Gasteiger partial charge in [-0.25, -0.2) is 0 Å². The summed E-state index contributed by atoms with van der Waals surface area (Å²) in [5.41, 5.74) is 1.94. The monoisotopic (exact) mass is 264 g/mol. The number of carbonyl (C=O) groups excluding carboxylic acids is 1. The summed E-state index contributed by atoms with van der Waals surface area (Å²) in [6.45, 7) is 5.46. The molecular weight excluding hydrogens is 248 g/mol. The van der Waals surface area contributed by atoms with Crippen LogP contribution in [0.15, 0.2) is 24.4 Å². The van der Waals surface area contributed by atoms with E-state index in [1.165, 1.54) is 0 Å². The highest BCUT2D eigenvalue weighted by Gasteiger charge is 2.14. The fraction of sp³-hybridized carbons (Fsp3) is 0.357. The van der Waals surface area contributed by atoms with E-state index in [4.69, 9.17) is 11.6 Å². The molecule has 0 fully saturated rings. The second kappa shape index (κ2) is 5.44. The minimum absolute atomic E-state index is 0.140. The third-order valence-electron chi connectivity index (χ3n) is 3.19. The van der Waals surface area contributed by atoms with E-state index in [1.807, 2.05) is 43.1 Å². The van der Waals surface area contributed by atoms with Crippen molar-refractivity contribution in [3.8, 4) is 0 Å². The number of rotatable bonds is 4. The standard InChI is InChI=1S/C14H17ClN2O/c1-3-17(4-2)13(18)8-10-9-16-12-7-5-6-11(15)14(10)12/h5-7,9,16H,3-4,8H2,1-2H3. The summed E-state index contributed by atoms with van der Waals surface area (Å²) in [5, 5.41) is 1.65. The van der Waals surface area contributed by atoms with Gasteiger partial charge in [0.05, 0.1) is 11.4 Å². The van der Waals surface area contributed by atoms with E-state index in [1.54, 1.807) is 0 Å². The molecule has 18 heavy (non-hydrogen) atoms. The molecule has 0 unspecified atom stereocenters. The zero-order chi connectivity index (χ0) is 13.1. The van der Waals surface area contributed by atoms with E-state index in [0.29, 0.717) is 11.4 Å². The number of halogens is 1. The van der Waals surface area contributed by atoms with Gasteiger partial charge in [0.2, 0.25) is 5.91 Å². The van der Waals surface area contributed by atoms with Crippen LogP contribution in [0.4, 0.5) is 0 Å². The molecule has 1 aromatic heterocycles. The number of hydrogen-bond acceptors (Lipinski definition) is 1. The van der Waals surface area contributed by atoms with Crippen LogP contribution in [0.5, 0.6) is 0 Å². The molecule has 1 aromatic carbocycles. The van der Waals surface area contributed by atoms with Gasteiger partial charge in [0.25, 0.3) is 0 Å². The Balaban J connectivity index is 2.30. The lowest BCUT2D eigenvalue weighted by molar-refractivity contribution is -0.130. The Morgan fingerprint density at radius 3 is 2.72 bits per heavy atom. The Kier molecular flexibility index (Phi) is 3.92. The fourth-order valence-electron chi connectivity index (χ4n) is 2.20. The quantitative estimate of drug-likeness (QED) is 0.904. The molecule has 4 heteroatoms. The minimum atomic E-state index is 0.140. The number of carbonyl (C=O) groups is 1. The SMILES string of the molecule is CCN(CC)C(=O)Cc1c[nH]c2cccc(Cl)c12. The molecule has 1 N–H and O–H groups in total. The van der Waals surface area contributed by atoms with Crippen LogP contribution in [0.2, 0.25) is 5.02 Å². The van der Waals surface area contributed by atoms with Crippen LogP contribution in [0, 0.1) is 0 Å². The summed E-state index contributed by atoms with van der Waals surface area (Å²) >= 11 is 6.19. The second-order valence-corrected chi connectivity index (χ2v) is 4.63. The fourth-order valence-corrected chi connectivity index (χ4v) is 2.49. The summed E-state index contributed by atoms with van der Waals surface area (Å²) in [5.74, 6) is 0.140. The molecule has 0 spiro atoms. The van der Waals surface area contributed by atoms with Crippen LogP contribution in [-0.2, 0) is 11.2 Å². The van der Waals surface area contributed by atoms with Crippen molar-refractivity contribution >= 4 is 28.4 Å². The number of aromatic amines is 1. The van der Waals surface area contributed by atoms with Crippen molar-refractivity contribution in [1.29, 1.82) is 0 Å². The maximum absolute atomic E-state index is 12.1. The highest BCUT2D eigenvalue weighted by atomic mass is 35.5. The van der Waals surface area contributed by atoms with Crippen LogP contribution in [0.1, 0.15) is 19.4 Å². The van der Waals surface area contributed by atoms with Crippen LogP contribution >= 0.6 is 11.6 Å². The molecule has 96 valence electrons. The number of aromatic nitrogens is 1. The lowest BCUT2D eigenvalue weighted by Gasteiger charge is -2.18. The number of hydrogen-bond donors (Lipinski definition) is 1. The first kappa shape index (κ1) is 13.0. The number of H-pyrrole nitrogens is 1. The van der Waals surface area contributed by atoms with Crippen LogP contribution in [0.25, 0.3) is 10.9 Å². The third-order valence-corrected chi connectivity index (χ3v) is 3.51. The molecule has 0 aliphatic carbocycles. The Hall–Kier alpha value is -1.48. The van der Waals surface area contributed by atoms with Crippen molar-refractivity contribution in [3.05, 3.63) is 35.0 Å². The second-order valence-electron chi connectivity index (χ2n) is 4.22. The predicted molar refractivity (Wildman–Crippen MR) is 74.9 cm³/mol. The predicted octanol–water partition coefficient (Wildman–Crippen LogP) is 3.23. The number of nitrogens with zero attached hydrogens (tertiary/aromatic N) is 1. The first-order valence-corrected chi connectivity index (χ1v) is 6.57. The molecule has 0 radical (unpaired) electrons. The van der Waals surface area contributed by atoms with Gasteiger partial charge >= 0.3 is 0 Å². The van der Waals surface area contributed by atoms with Crippen LogP contribution < -0.4 is 0 Å². The van der Waals surface area contributed by atoms with Gasteiger partial charge in [0.1, 0.15) is 0 Å². The molecule has 1 amide bonds. The zero-order valence-corrected chi connectivity index (χ0v) is 11.4. The summed E-state index contributed by atoms with van der Waals surface area (Å²) in [6.07, 6.45) is 2.27. The topological polar surface area (TPSA) is 36.1 Å². The van der Waals surface area contributed by atoms with E-state index in [-0.39, 0.29) is 5.91 Å². The Morgan fingerprint density at radius 1 is 1.33 bits per heavy atom. The number of fused-ring (bicyclic) bond motifs is 1. The van der Waals surface area contributed by atoms with Crippen LogP contribution in [-0.4, -0.2) is 28.9 Å². The molecule has 0 bridgehead atoms. The van der Waals surface area contributed by atoms with Crippen molar-refractivity contribution < 1.29 is 4.79 Å². The van der Waals surface area contributed by atoms with E-state index in [9.17, 15) is 4.79 Å². The first-order chi connectivity index (χ1) is 8.67. The van der Waals surface area contributed by atoms with Gasteiger partial charge < -0.3 is 9.88 Å². The van der Waals surface area contributed by atoms with Gasteiger partial charge in [0, 0.05) is 30.2 Å². The molecule has 2 rings (SSSR count). The van der Waals surface area contributed by atoms with E-state index in [2.05, 4.69) is 4.98 Å². The van der Waals surface area contributed by atoms with Crippen molar-refractivity contribution in [3.63, 3.8) is 0 Å². The van der Waals surface area contributed by atoms with Gasteiger partial charge in [-0.1, -0.05) is 17.7 Å². The molecule has 3 nitrogen and oxygen atoms in total. The number of nitrogens with one attached hydrogen (secondary N) is 1. The van der Waals surface area contributed by atoms with Crippen molar-refractivity contribution in [2.45, 2.75) is 20.3 Å². The van der Waals surface area contributed by atoms with E-state index in [0.717, 1.165) is 29.6 Å². The Labute approximate surface area is 112 Å². The molecular formula is C14H17ClN2O. The van der Waals surface area contributed by atoms with Crippen molar-refractivity contribution in [1.82, 2.24) is 9.88 Å². The molecule has 0 saturated carbocycles.